The molecule has 5 heteroatoms. The summed E-state index contributed by atoms with van der Waals surface area (Å²) in [5, 5.41) is 0.765. The Morgan fingerprint density at radius 1 is 1.38 bits per heavy atom. The number of aromatic nitrogens is 3. The highest BCUT2D eigenvalue weighted by Gasteiger charge is 2.02. The Bertz CT molecular complexity index is 446. The number of nitrogens with zero attached hydrogens (tertiary/aromatic N) is 3. The van der Waals surface area contributed by atoms with Gasteiger partial charge in [-0.1, -0.05) is 11.8 Å². The summed E-state index contributed by atoms with van der Waals surface area (Å²) in [4.78, 5) is 12.6. The molecule has 0 amide bonds. The average molecular weight is 256 g/mol. The lowest BCUT2D eigenvalue weighted by Gasteiger charge is -1.99. The molecular formula is C8H6BrN3S. The van der Waals surface area contributed by atoms with Gasteiger partial charge in [-0.2, -0.15) is 0 Å². The molecule has 0 aliphatic heterocycles. The number of pyridine rings is 1. The van der Waals surface area contributed by atoms with E-state index in [-0.39, 0.29) is 0 Å². The summed E-state index contributed by atoms with van der Waals surface area (Å²) in [6.45, 7) is 0. The van der Waals surface area contributed by atoms with Crippen molar-refractivity contribution in [3.63, 3.8) is 0 Å². The number of hydrogen-bond donors (Lipinski definition) is 0. The lowest BCUT2D eigenvalue weighted by Crippen LogP contribution is -1.89. The van der Waals surface area contributed by atoms with E-state index in [1.807, 2.05) is 12.3 Å². The molecule has 3 nitrogen and oxygen atoms in total. The number of hydrogen-bond acceptors (Lipinski definition) is 4. The predicted molar refractivity (Wildman–Crippen MR) is 56.8 cm³/mol. The lowest BCUT2D eigenvalue weighted by atomic mass is 10.4. The van der Waals surface area contributed by atoms with Gasteiger partial charge in [-0.25, -0.2) is 9.97 Å². The molecular weight excluding hydrogens is 250 g/mol. The number of halogens is 1. The molecule has 0 bridgehead atoms. The highest BCUT2D eigenvalue weighted by atomic mass is 79.9. The predicted octanol–water partition coefficient (Wildman–Crippen LogP) is 2.51. The Labute approximate surface area is 88.1 Å². The van der Waals surface area contributed by atoms with Gasteiger partial charge in [0.15, 0.2) is 5.16 Å². The zero-order valence-corrected chi connectivity index (χ0v) is 9.26. The van der Waals surface area contributed by atoms with Crippen LogP contribution in [0.4, 0.5) is 0 Å². The first-order valence-electron chi connectivity index (χ1n) is 3.62. The van der Waals surface area contributed by atoms with Crippen molar-refractivity contribution in [2.24, 2.45) is 0 Å². The second-order valence-electron chi connectivity index (χ2n) is 2.38. The van der Waals surface area contributed by atoms with E-state index in [0.29, 0.717) is 0 Å². The van der Waals surface area contributed by atoms with E-state index in [0.717, 1.165) is 20.7 Å². The maximum Gasteiger partial charge on any atom is 0.187 e. The van der Waals surface area contributed by atoms with Crippen LogP contribution in [0.5, 0.6) is 0 Å². The third kappa shape index (κ3) is 1.66. The number of rotatable bonds is 1. The molecule has 0 atom stereocenters. The zero-order valence-electron chi connectivity index (χ0n) is 6.86. The summed E-state index contributed by atoms with van der Waals surface area (Å²) in [5.74, 6) is 0. The smallest absolute Gasteiger partial charge is 0.187 e. The molecule has 0 unspecified atom stereocenters. The molecule has 0 aromatic carbocycles. The molecule has 0 radical (unpaired) electrons. The Hall–Kier alpha value is -0.680. The van der Waals surface area contributed by atoms with Crippen molar-refractivity contribution in [2.45, 2.75) is 5.16 Å². The van der Waals surface area contributed by atoms with Gasteiger partial charge in [0.2, 0.25) is 0 Å². The second kappa shape index (κ2) is 3.59. The third-order valence-corrected chi connectivity index (χ3v) is 2.79. The Balaban J connectivity index is 2.74. The van der Waals surface area contributed by atoms with E-state index in [9.17, 15) is 0 Å². The monoisotopic (exact) mass is 255 g/mol. The first kappa shape index (κ1) is 8.90. The summed E-state index contributed by atoms with van der Waals surface area (Å²) in [6.07, 6.45) is 5.42. The second-order valence-corrected chi connectivity index (χ2v) is 4.01. The molecule has 0 aliphatic carbocycles. The minimum Gasteiger partial charge on any atom is -0.253 e. The zero-order chi connectivity index (χ0) is 9.26. The van der Waals surface area contributed by atoms with E-state index in [1.165, 1.54) is 11.8 Å². The highest BCUT2D eigenvalue weighted by Crippen LogP contribution is 2.20. The quantitative estimate of drug-likeness (QED) is 0.580. The largest absolute Gasteiger partial charge is 0.253 e. The van der Waals surface area contributed by atoms with Crippen LogP contribution in [-0.4, -0.2) is 21.2 Å². The van der Waals surface area contributed by atoms with E-state index in [1.54, 1.807) is 12.4 Å². The van der Waals surface area contributed by atoms with Crippen molar-refractivity contribution >= 4 is 38.7 Å². The standard InChI is InChI=1S/C8H6BrN3S/c1-13-8-11-4-6-7(12-8)5(9)2-3-10-6/h2-4H,1H3. The maximum absolute atomic E-state index is 4.34. The first-order valence-corrected chi connectivity index (χ1v) is 5.64. The van der Waals surface area contributed by atoms with Crippen molar-refractivity contribution in [3.05, 3.63) is 22.9 Å². The number of thioether (sulfide) groups is 1. The van der Waals surface area contributed by atoms with Gasteiger partial charge in [0.25, 0.3) is 0 Å². The van der Waals surface area contributed by atoms with Crippen LogP contribution in [0.3, 0.4) is 0 Å². The molecule has 0 fully saturated rings. The summed E-state index contributed by atoms with van der Waals surface area (Å²) in [6, 6.07) is 1.87. The molecule has 0 saturated heterocycles. The van der Waals surface area contributed by atoms with Gasteiger partial charge in [0.05, 0.1) is 6.20 Å². The van der Waals surface area contributed by atoms with Gasteiger partial charge in [0.1, 0.15) is 11.0 Å². The van der Waals surface area contributed by atoms with Crippen molar-refractivity contribution < 1.29 is 0 Å². The average Bonchev–Trinajstić information content (AvgIpc) is 2.18. The van der Waals surface area contributed by atoms with Crippen molar-refractivity contribution in [1.29, 1.82) is 0 Å². The summed E-state index contributed by atoms with van der Waals surface area (Å²) >= 11 is 4.94. The first-order chi connectivity index (χ1) is 6.31. The number of fused-ring (bicyclic) bond motifs is 1. The maximum atomic E-state index is 4.34. The van der Waals surface area contributed by atoms with E-state index in [2.05, 4.69) is 30.9 Å². The van der Waals surface area contributed by atoms with Crippen LogP contribution in [0.15, 0.2) is 28.1 Å². The van der Waals surface area contributed by atoms with Crippen LogP contribution in [0.25, 0.3) is 11.0 Å². The fourth-order valence-corrected chi connectivity index (χ4v) is 1.74. The van der Waals surface area contributed by atoms with Gasteiger partial charge in [-0.05, 0) is 28.3 Å². The molecule has 0 N–H and O–H groups in total. The summed E-state index contributed by atoms with van der Waals surface area (Å²) in [5.41, 5.74) is 1.68. The molecule has 2 aromatic rings. The molecule has 0 spiro atoms. The van der Waals surface area contributed by atoms with Crippen LogP contribution < -0.4 is 0 Å². The van der Waals surface area contributed by atoms with E-state index in [4.69, 9.17) is 0 Å². The van der Waals surface area contributed by atoms with Gasteiger partial charge < -0.3 is 0 Å². The van der Waals surface area contributed by atoms with Crippen LogP contribution >= 0.6 is 27.7 Å². The molecule has 0 aliphatic rings. The highest BCUT2D eigenvalue weighted by molar-refractivity contribution is 9.10. The van der Waals surface area contributed by atoms with Crippen LogP contribution in [0.1, 0.15) is 0 Å². The Morgan fingerprint density at radius 3 is 3.00 bits per heavy atom. The van der Waals surface area contributed by atoms with Crippen LogP contribution in [-0.2, 0) is 0 Å². The molecule has 2 rings (SSSR count). The van der Waals surface area contributed by atoms with Crippen LogP contribution in [0, 0.1) is 0 Å². The SMILES string of the molecule is CSc1ncc2nccc(Br)c2n1. The van der Waals surface area contributed by atoms with E-state index >= 15 is 0 Å². The summed E-state index contributed by atoms with van der Waals surface area (Å²) in [7, 11) is 0. The van der Waals surface area contributed by atoms with Gasteiger partial charge in [-0.15, -0.1) is 0 Å². The van der Waals surface area contributed by atoms with Crippen molar-refractivity contribution in [1.82, 2.24) is 15.0 Å². The summed E-state index contributed by atoms with van der Waals surface area (Å²) < 4.78 is 0.954. The van der Waals surface area contributed by atoms with Gasteiger partial charge in [-0.3, -0.25) is 4.98 Å². The third-order valence-electron chi connectivity index (χ3n) is 1.59. The molecule has 13 heavy (non-hydrogen) atoms. The van der Waals surface area contributed by atoms with Crippen LogP contribution in [0.2, 0.25) is 0 Å². The molecule has 66 valence electrons. The fraction of sp³-hybridized carbons (Fsp3) is 0.125. The Kier molecular flexibility index (Phi) is 2.46. The Morgan fingerprint density at radius 2 is 2.23 bits per heavy atom. The minimum atomic E-state index is 0.765. The molecule has 2 aromatic heterocycles. The molecule has 0 saturated carbocycles. The minimum absolute atomic E-state index is 0.765. The normalized spacial score (nSPS) is 10.6. The molecule has 2 heterocycles. The fourth-order valence-electron chi connectivity index (χ4n) is 0.990. The van der Waals surface area contributed by atoms with Crippen molar-refractivity contribution in [3.8, 4) is 0 Å². The van der Waals surface area contributed by atoms with Gasteiger partial charge >= 0.3 is 0 Å². The topological polar surface area (TPSA) is 38.7 Å². The van der Waals surface area contributed by atoms with Crippen molar-refractivity contribution in [2.75, 3.05) is 6.26 Å². The lowest BCUT2D eigenvalue weighted by molar-refractivity contribution is 0.998. The van der Waals surface area contributed by atoms with Gasteiger partial charge in [0, 0.05) is 10.7 Å². The van der Waals surface area contributed by atoms with E-state index < -0.39 is 0 Å².